The van der Waals surface area contributed by atoms with E-state index in [1.165, 1.54) is 25.7 Å². The van der Waals surface area contributed by atoms with Gasteiger partial charge in [-0.1, -0.05) is 6.07 Å². The van der Waals surface area contributed by atoms with Crippen LogP contribution in [0.3, 0.4) is 0 Å². The summed E-state index contributed by atoms with van der Waals surface area (Å²) in [6, 6.07) is 6.17. The van der Waals surface area contributed by atoms with E-state index < -0.39 is 0 Å². The second kappa shape index (κ2) is 7.04. The Labute approximate surface area is 148 Å². The number of aromatic nitrogens is 2. The molecule has 1 amide bonds. The summed E-state index contributed by atoms with van der Waals surface area (Å²) in [5.41, 5.74) is 1.34. The smallest absolute Gasteiger partial charge is 0.272 e. The average molecular weight is 342 g/mol. The Hall–Kier alpha value is -2.08. The van der Waals surface area contributed by atoms with Gasteiger partial charge in [-0.15, -0.1) is 0 Å². The molecule has 4 rings (SSSR count). The van der Waals surface area contributed by atoms with Gasteiger partial charge >= 0.3 is 0 Å². The lowest BCUT2D eigenvalue weighted by Crippen LogP contribution is -2.38. The summed E-state index contributed by atoms with van der Waals surface area (Å²) in [7, 11) is 0. The van der Waals surface area contributed by atoms with Crippen LogP contribution < -0.4 is 10.6 Å². The summed E-state index contributed by atoms with van der Waals surface area (Å²) in [5, 5.41) is 6.54. The van der Waals surface area contributed by atoms with Crippen molar-refractivity contribution in [3.8, 4) is 0 Å². The number of nitrogens with zero attached hydrogens (tertiary/aromatic N) is 2. The number of carbonyl (C=O) groups excluding carboxylic acids is 1. The van der Waals surface area contributed by atoms with Crippen molar-refractivity contribution in [2.45, 2.75) is 38.6 Å². The van der Waals surface area contributed by atoms with E-state index in [4.69, 9.17) is 4.74 Å². The minimum atomic E-state index is -0.0506. The van der Waals surface area contributed by atoms with Crippen LogP contribution in [0.5, 0.6) is 0 Å². The van der Waals surface area contributed by atoms with Crippen molar-refractivity contribution in [1.29, 1.82) is 0 Å². The van der Waals surface area contributed by atoms with Crippen LogP contribution in [-0.2, 0) is 4.74 Å². The summed E-state index contributed by atoms with van der Waals surface area (Å²) in [5.74, 6) is 1.99. The zero-order valence-corrected chi connectivity index (χ0v) is 14.7. The summed E-state index contributed by atoms with van der Waals surface area (Å²) in [4.78, 5) is 17.5. The molecule has 2 saturated carbocycles. The zero-order valence-electron chi connectivity index (χ0n) is 14.7. The predicted molar refractivity (Wildman–Crippen MR) is 96.9 cm³/mol. The molecule has 6 nitrogen and oxygen atoms in total. The second-order valence-corrected chi connectivity index (χ2v) is 7.04. The predicted octanol–water partition coefficient (Wildman–Crippen LogP) is 2.70. The van der Waals surface area contributed by atoms with E-state index >= 15 is 0 Å². The number of rotatable bonds is 9. The molecule has 25 heavy (non-hydrogen) atoms. The lowest BCUT2D eigenvalue weighted by atomic mass is 10.1. The van der Waals surface area contributed by atoms with Crippen LogP contribution >= 0.6 is 0 Å². The van der Waals surface area contributed by atoms with E-state index in [1.54, 1.807) is 0 Å². The highest BCUT2D eigenvalue weighted by molar-refractivity contribution is 6.00. The number of imidazole rings is 1. The van der Waals surface area contributed by atoms with Gasteiger partial charge < -0.3 is 15.4 Å². The maximum absolute atomic E-state index is 12.9. The number of pyridine rings is 1. The van der Waals surface area contributed by atoms with Gasteiger partial charge in [-0.3, -0.25) is 9.20 Å². The van der Waals surface area contributed by atoms with E-state index in [9.17, 15) is 4.79 Å². The van der Waals surface area contributed by atoms with E-state index in [0.717, 1.165) is 5.52 Å². The third kappa shape index (κ3) is 3.63. The molecule has 0 unspecified atom stereocenters. The van der Waals surface area contributed by atoms with Crippen LogP contribution in [0.2, 0.25) is 0 Å². The topological polar surface area (TPSA) is 67.7 Å². The van der Waals surface area contributed by atoms with Crippen LogP contribution in [0.1, 0.15) is 43.1 Å². The summed E-state index contributed by atoms with van der Waals surface area (Å²) >= 11 is 0. The fourth-order valence-electron chi connectivity index (χ4n) is 3.46. The molecule has 2 N–H and O–H groups in total. The molecule has 134 valence electrons. The lowest BCUT2D eigenvalue weighted by Gasteiger charge is -2.16. The Bertz CT molecular complexity index is 737. The van der Waals surface area contributed by atoms with Crippen LogP contribution in [-0.4, -0.2) is 41.1 Å². The number of fused-ring (bicyclic) bond motifs is 1. The second-order valence-electron chi connectivity index (χ2n) is 7.04. The van der Waals surface area contributed by atoms with Gasteiger partial charge in [-0.2, -0.15) is 0 Å². The van der Waals surface area contributed by atoms with Crippen molar-refractivity contribution in [2.75, 3.05) is 25.1 Å². The molecule has 2 aliphatic rings. The van der Waals surface area contributed by atoms with Gasteiger partial charge in [-0.05, 0) is 56.6 Å². The molecule has 0 aliphatic heterocycles. The Morgan fingerprint density at radius 1 is 1.32 bits per heavy atom. The molecule has 0 atom stereocenters. The van der Waals surface area contributed by atoms with Gasteiger partial charge in [0.05, 0.1) is 12.1 Å². The molecule has 2 aromatic heterocycles. The molecule has 2 aromatic rings. The molecule has 6 heteroatoms. The third-order valence-electron chi connectivity index (χ3n) is 5.05. The van der Waals surface area contributed by atoms with E-state index in [0.29, 0.717) is 49.3 Å². The Morgan fingerprint density at radius 2 is 2.08 bits per heavy atom. The van der Waals surface area contributed by atoms with Gasteiger partial charge in [0.25, 0.3) is 5.91 Å². The van der Waals surface area contributed by atoms with Crippen LogP contribution in [0.4, 0.5) is 5.95 Å². The monoisotopic (exact) mass is 342 g/mol. The van der Waals surface area contributed by atoms with Crippen molar-refractivity contribution in [3.63, 3.8) is 0 Å². The molecule has 0 spiro atoms. The average Bonchev–Trinajstić information content (AvgIpc) is 3.54. The van der Waals surface area contributed by atoms with E-state index in [-0.39, 0.29) is 5.91 Å². The maximum atomic E-state index is 12.9. The largest absolute Gasteiger partial charge is 0.380 e. The Kier molecular flexibility index (Phi) is 4.61. The number of anilines is 1. The molecule has 2 heterocycles. The van der Waals surface area contributed by atoms with Crippen LogP contribution in [0.15, 0.2) is 24.4 Å². The summed E-state index contributed by atoms with van der Waals surface area (Å²) < 4.78 is 7.30. The first-order chi connectivity index (χ1) is 12.3. The Balaban J connectivity index is 1.52. The fourth-order valence-corrected chi connectivity index (χ4v) is 3.46. The Morgan fingerprint density at radius 3 is 2.76 bits per heavy atom. The summed E-state index contributed by atoms with van der Waals surface area (Å²) in [6.45, 7) is 3.95. The zero-order chi connectivity index (χ0) is 17.2. The molecular formula is C19H26N4O2. The summed E-state index contributed by atoms with van der Waals surface area (Å²) in [6.07, 6.45) is 6.91. The highest BCUT2D eigenvalue weighted by atomic mass is 16.5. The molecule has 0 radical (unpaired) electrons. The highest BCUT2D eigenvalue weighted by Gasteiger charge is 2.42. The van der Waals surface area contributed by atoms with Crippen molar-refractivity contribution < 1.29 is 9.53 Å². The first-order valence-electron chi connectivity index (χ1n) is 9.37. The first-order valence-corrected chi connectivity index (χ1v) is 9.37. The third-order valence-corrected chi connectivity index (χ3v) is 5.05. The first kappa shape index (κ1) is 16.4. The lowest BCUT2D eigenvalue weighted by molar-refractivity contribution is 0.0923. The van der Waals surface area contributed by atoms with Crippen LogP contribution in [0, 0.1) is 11.8 Å². The maximum Gasteiger partial charge on any atom is 0.272 e. The van der Waals surface area contributed by atoms with Gasteiger partial charge in [0.2, 0.25) is 5.95 Å². The minimum Gasteiger partial charge on any atom is -0.380 e. The quantitative estimate of drug-likeness (QED) is 0.688. The van der Waals surface area contributed by atoms with Crippen LogP contribution in [0.25, 0.3) is 5.52 Å². The van der Waals surface area contributed by atoms with Crippen molar-refractivity contribution in [3.05, 3.63) is 30.1 Å². The van der Waals surface area contributed by atoms with Gasteiger partial charge in [0.15, 0.2) is 5.69 Å². The fraction of sp³-hybridized carbons (Fsp3) is 0.579. The highest BCUT2D eigenvalue weighted by Crippen LogP contribution is 2.44. The number of hydrogen-bond acceptors (Lipinski definition) is 4. The number of nitrogens with one attached hydrogen (secondary N) is 2. The van der Waals surface area contributed by atoms with Crippen molar-refractivity contribution in [1.82, 2.24) is 14.7 Å². The number of hydrogen-bond donors (Lipinski definition) is 2. The van der Waals surface area contributed by atoms with Crippen molar-refractivity contribution in [2.24, 2.45) is 11.8 Å². The van der Waals surface area contributed by atoms with Crippen molar-refractivity contribution >= 4 is 17.4 Å². The normalized spacial score (nSPS) is 17.2. The molecule has 0 saturated heterocycles. The van der Waals surface area contributed by atoms with Gasteiger partial charge in [0, 0.05) is 25.4 Å². The molecule has 2 aliphatic carbocycles. The van der Waals surface area contributed by atoms with E-state index in [2.05, 4.69) is 15.6 Å². The molecular weight excluding hydrogens is 316 g/mol. The van der Waals surface area contributed by atoms with Gasteiger partial charge in [0.1, 0.15) is 0 Å². The molecule has 0 aromatic carbocycles. The number of amides is 1. The number of ether oxygens (including phenoxy) is 1. The SMILES string of the molecule is CCOCCNc1nc(C(=O)NC(C2CC2)C2CC2)c2ccccn12. The van der Waals surface area contributed by atoms with E-state index in [1.807, 2.05) is 35.7 Å². The molecule has 2 fully saturated rings. The number of carbonyl (C=O) groups is 1. The molecule has 0 bridgehead atoms. The minimum absolute atomic E-state index is 0.0506. The van der Waals surface area contributed by atoms with Gasteiger partial charge in [-0.25, -0.2) is 4.98 Å². The standard InChI is InChI=1S/C19H26N4O2/c1-2-25-12-10-20-19-22-17(15-5-3-4-11-23(15)19)18(24)21-16(13-6-7-13)14-8-9-14/h3-5,11,13-14,16H,2,6-10,12H2,1H3,(H,20,22)(H,21,24).